The van der Waals surface area contributed by atoms with Crippen molar-refractivity contribution < 1.29 is 4.79 Å². The first kappa shape index (κ1) is 15.8. The van der Waals surface area contributed by atoms with Crippen molar-refractivity contribution in [1.29, 1.82) is 0 Å². The Kier molecular flexibility index (Phi) is 5.58. The summed E-state index contributed by atoms with van der Waals surface area (Å²) < 4.78 is 0.781. The molecular weight excluding hydrogens is 304 g/mol. The second-order valence-electron chi connectivity index (χ2n) is 4.42. The van der Waals surface area contributed by atoms with Crippen molar-refractivity contribution in [1.82, 2.24) is 10.2 Å². The number of nitrogens with zero attached hydrogens (tertiary/aromatic N) is 2. The van der Waals surface area contributed by atoms with Crippen molar-refractivity contribution in [3.05, 3.63) is 29.8 Å². The van der Waals surface area contributed by atoms with Crippen LogP contribution in [-0.2, 0) is 11.2 Å². The van der Waals surface area contributed by atoms with Crippen molar-refractivity contribution in [2.75, 3.05) is 17.7 Å². The molecule has 0 spiro atoms. The van der Waals surface area contributed by atoms with Crippen LogP contribution < -0.4 is 10.6 Å². The topological polar surface area (TPSA) is 66.9 Å². The quantitative estimate of drug-likeness (QED) is 0.799. The van der Waals surface area contributed by atoms with Crippen LogP contribution in [0, 0.1) is 0 Å². The van der Waals surface area contributed by atoms with Gasteiger partial charge in [-0.25, -0.2) is 0 Å². The van der Waals surface area contributed by atoms with E-state index in [4.69, 9.17) is 0 Å². The van der Waals surface area contributed by atoms with Gasteiger partial charge in [-0.2, -0.15) is 0 Å². The Labute approximate surface area is 132 Å². The maximum atomic E-state index is 12.2. The number of thioether (sulfide) groups is 1. The fourth-order valence-corrected chi connectivity index (χ4v) is 3.48. The molecule has 2 N–H and O–H groups in total. The lowest BCUT2D eigenvalue weighted by atomic mass is 10.1. The van der Waals surface area contributed by atoms with Gasteiger partial charge in [0.05, 0.1) is 5.25 Å². The summed E-state index contributed by atoms with van der Waals surface area (Å²) in [6.07, 6.45) is 0.991. The Morgan fingerprint density at radius 1 is 1.33 bits per heavy atom. The highest BCUT2D eigenvalue weighted by atomic mass is 32.2. The van der Waals surface area contributed by atoms with E-state index < -0.39 is 0 Å². The number of carbonyl (C=O) groups excluding carboxylic acids is 1. The fourth-order valence-electron chi connectivity index (χ4n) is 1.63. The SMILES string of the molecule is CCc1ccc(NC(=O)[C@@H](C)Sc2nnc(NC)s2)cc1. The van der Waals surface area contributed by atoms with Crippen LogP contribution in [0.15, 0.2) is 28.6 Å². The average Bonchev–Trinajstić information content (AvgIpc) is 2.95. The van der Waals surface area contributed by atoms with Gasteiger partial charge in [-0.05, 0) is 31.0 Å². The number of aromatic nitrogens is 2. The molecule has 0 bridgehead atoms. The van der Waals surface area contributed by atoms with Gasteiger partial charge in [0.2, 0.25) is 11.0 Å². The van der Waals surface area contributed by atoms with E-state index in [9.17, 15) is 4.79 Å². The molecule has 0 unspecified atom stereocenters. The third kappa shape index (κ3) is 4.44. The molecule has 1 amide bonds. The van der Waals surface area contributed by atoms with Gasteiger partial charge in [-0.1, -0.05) is 42.2 Å². The zero-order valence-corrected chi connectivity index (χ0v) is 13.8. The molecule has 0 aliphatic carbocycles. The first-order valence-corrected chi connectivity index (χ1v) is 8.39. The molecule has 0 saturated heterocycles. The molecule has 2 aromatic rings. The lowest BCUT2D eigenvalue weighted by Gasteiger charge is -2.10. The van der Waals surface area contributed by atoms with Crippen molar-refractivity contribution >= 4 is 39.8 Å². The highest BCUT2D eigenvalue weighted by Gasteiger charge is 2.17. The summed E-state index contributed by atoms with van der Waals surface area (Å²) in [6, 6.07) is 7.91. The van der Waals surface area contributed by atoms with Crippen LogP contribution in [0.25, 0.3) is 0 Å². The lowest BCUT2D eigenvalue weighted by molar-refractivity contribution is -0.115. The molecule has 2 rings (SSSR count). The van der Waals surface area contributed by atoms with Crippen molar-refractivity contribution in [3.8, 4) is 0 Å². The lowest BCUT2D eigenvalue weighted by Crippen LogP contribution is -2.22. The molecule has 5 nitrogen and oxygen atoms in total. The minimum atomic E-state index is -0.228. The molecule has 1 atom stereocenters. The normalized spacial score (nSPS) is 12.0. The third-order valence-electron chi connectivity index (χ3n) is 2.90. The molecule has 0 radical (unpaired) electrons. The zero-order chi connectivity index (χ0) is 15.2. The van der Waals surface area contributed by atoms with E-state index >= 15 is 0 Å². The van der Waals surface area contributed by atoms with Gasteiger partial charge in [-0.15, -0.1) is 10.2 Å². The number of carbonyl (C=O) groups is 1. The summed E-state index contributed by atoms with van der Waals surface area (Å²) in [7, 11) is 1.80. The Balaban J connectivity index is 1.92. The van der Waals surface area contributed by atoms with E-state index in [0.717, 1.165) is 21.6 Å². The molecule has 0 saturated carbocycles. The van der Waals surface area contributed by atoms with Crippen LogP contribution in [0.5, 0.6) is 0 Å². The monoisotopic (exact) mass is 322 g/mol. The van der Waals surface area contributed by atoms with Gasteiger partial charge in [0.15, 0.2) is 4.34 Å². The molecule has 0 aliphatic heterocycles. The number of hydrogen-bond donors (Lipinski definition) is 2. The molecule has 21 heavy (non-hydrogen) atoms. The van der Waals surface area contributed by atoms with Gasteiger partial charge in [0.1, 0.15) is 0 Å². The Morgan fingerprint density at radius 3 is 2.62 bits per heavy atom. The van der Waals surface area contributed by atoms with E-state index in [0.29, 0.717) is 0 Å². The number of hydrogen-bond acceptors (Lipinski definition) is 6. The highest BCUT2D eigenvalue weighted by Crippen LogP contribution is 2.29. The van der Waals surface area contributed by atoms with Crippen LogP contribution in [0.2, 0.25) is 0 Å². The van der Waals surface area contributed by atoms with E-state index in [-0.39, 0.29) is 11.2 Å². The molecule has 7 heteroatoms. The number of amides is 1. The summed E-state index contributed by atoms with van der Waals surface area (Å²) in [5.41, 5.74) is 2.07. The average molecular weight is 322 g/mol. The Morgan fingerprint density at radius 2 is 2.05 bits per heavy atom. The van der Waals surface area contributed by atoms with Crippen molar-refractivity contribution in [3.63, 3.8) is 0 Å². The third-order valence-corrected chi connectivity index (χ3v) is 5.02. The summed E-state index contributed by atoms with van der Waals surface area (Å²) in [5.74, 6) is -0.0366. The summed E-state index contributed by atoms with van der Waals surface area (Å²) >= 11 is 2.85. The van der Waals surface area contributed by atoms with Gasteiger partial charge in [-0.3, -0.25) is 4.79 Å². The number of anilines is 2. The smallest absolute Gasteiger partial charge is 0.237 e. The van der Waals surface area contributed by atoms with Gasteiger partial charge < -0.3 is 10.6 Å². The predicted octanol–water partition coefficient (Wildman–Crippen LogP) is 3.26. The molecule has 1 aromatic heterocycles. The van der Waals surface area contributed by atoms with Crippen molar-refractivity contribution in [2.24, 2.45) is 0 Å². The van der Waals surface area contributed by atoms with E-state index in [1.807, 2.05) is 31.2 Å². The summed E-state index contributed by atoms with van der Waals surface area (Å²) in [4.78, 5) is 12.2. The molecule has 1 heterocycles. The van der Waals surface area contributed by atoms with Crippen LogP contribution in [0.3, 0.4) is 0 Å². The number of rotatable bonds is 6. The Hall–Kier alpha value is -1.60. The fraction of sp³-hybridized carbons (Fsp3) is 0.357. The first-order chi connectivity index (χ1) is 10.1. The molecular formula is C14H18N4OS2. The first-order valence-electron chi connectivity index (χ1n) is 6.70. The van der Waals surface area contributed by atoms with Crippen LogP contribution in [-0.4, -0.2) is 28.4 Å². The maximum Gasteiger partial charge on any atom is 0.237 e. The minimum absolute atomic E-state index is 0.0366. The minimum Gasteiger partial charge on any atom is -0.363 e. The summed E-state index contributed by atoms with van der Waals surface area (Å²) in [5, 5.41) is 14.4. The number of benzene rings is 1. The van der Waals surface area contributed by atoms with Crippen LogP contribution in [0.4, 0.5) is 10.8 Å². The van der Waals surface area contributed by atoms with E-state index in [2.05, 4.69) is 27.8 Å². The van der Waals surface area contributed by atoms with E-state index in [1.54, 1.807) is 7.05 Å². The van der Waals surface area contributed by atoms with Gasteiger partial charge in [0.25, 0.3) is 0 Å². The summed E-state index contributed by atoms with van der Waals surface area (Å²) in [6.45, 7) is 3.97. The molecule has 0 fully saturated rings. The molecule has 1 aromatic carbocycles. The second kappa shape index (κ2) is 7.42. The predicted molar refractivity (Wildman–Crippen MR) is 89.2 cm³/mol. The second-order valence-corrected chi connectivity index (χ2v) is 6.99. The number of aryl methyl sites for hydroxylation is 1. The Bertz CT molecular complexity index is 597. The van der Waals surface area contributed by atoms with E-state index in [1.165, 1.54) is 28.7 Å². The standard InChI is InChI=1S/C14H18N4OS2/c1-4-10-5-7-11(8-6-10)16-12(19)9(2)20-14-18-17-13(15-3)21-14/h5-9H,4H2,1-3H3,(H,15,17)(H,16,19)/t9-/m1/s1. The van der Waals surface area contributed by atoms with Crippen LogP contribution in [0.1, 0.15) is 19.4 Å². The zero-order valence-electron chi connectivity index (χ0n) is 12.2. The maximum absolute atomic E-state index is 12.2. The van der Waals surface area contributed by atoms with Gasteiger partial charge in [0, 0.05) is 12.7 Å². The van der Waals surface area contributed by atoms with Gasteiger partial charge >= 0.3 is 0 Å². The highest BCUT2D eigenvalue weighted by molar-refractivity contribution is 8.02. The molecule has 0 aliphatic rings. The van der Waals surface area contributed by atoms with Crippen LogP contribution >= 0.6 is 23.1 Å². The van der Waals surface area contributed by atoms with Crippen molar-refractivity contribution in [2.45, 2.75) is 29.9 Å². The largest absolute Gasteiger partial charge is 0.363 e. The molecule has 112 valence electrons. The number of nitrogens with one attached hydrogen (secondary N) is 2.